The van der Waals surface area contributed by atoms with E-state index in [0.29, 0.717) is 18.2 Å². The molecule has 2 atom stereocenters. The summed E-state index contributed by atoms with van der Waals surface area (Å²) in [5.74, 6) is 0.305. The normalized spacial score (nSPS) is 29.6. The summed E-state index contributed by atoms with van der Waals surface area (Å²) >= 11 is 0. The highest BCUT2D eigenvalue weighted by molar-refractivity contribution is 5.99. The van der Waals surface area contributed by atoms with Gasteiger partial charge in [0, 0.05) is 30.0 Å². The molecule has 2 heterocycles. The number of carbonyl (C=O) groups excluding carboxylic acids is 1. The van der Waals surface area contributed by atoms with Crippen molar-refractivity contribution < 1.29 is 9.53 Å². The van der Waals surface area contributed by atoms with E-state index in [9.17, 15) is 4.79 Å². The molecule has 0 N–H and O–H groups in total. The van der Waals surface area contributed by atoms with Gasteiger partial charge in [-0.15, -0.1) is 0 Å². The van der Waals surface area contributed by atoms with Gasteiger partial charge in [0.15, 0.2) is 5.78 Å². The molecule has 0 radical (unpaired) electrons. The Morgan fingerprint density at radius 2 is 2.11 bits per heavy atom. The molecule has 3 heteroatoms. The number of nitrogens with zero attached hydrogens (tertiary/aromatic N) is 1. The average Bonchev–Trinajstić information content (AvgIpc) is 2.81. The van der Waals surface area contributed by atoms with E-state index in [1.807, 2.05) is 0 Å². The predicted molar refractivity (Wildman–Crippen MR) is 74.7 cm³/mol. The molecule has 1 saturated heterocycles. The summed E-state index contributed by atoms with van der Waals surface area (Å²) in [5, 5.41) is 0. The van der Waals surface area contributed by atoms with E-state index < -0.39 is 0 Å². The third kappa shape index (κ3) is 2.04. The van der Waals surface area contributed by atoms with Gasteiger partial charge < -0.3 is 9.30 Å². The fourth-order valence-electron chi connectivity index (χ4n) is 3.69. The van der Waals surface area contributed by atoms with E-state index in [-0.39, 0.29) is 11.5 Å². The van der Waals surface area contributed by atoms with Gasteiger partial charge in [0.25, 0.3) is 0 Å². The smallest absolute Gasteiger partial charge is 0.165 e. The number of carbonyl (C=O) groups is 1. The molecular formula is C16H23NO2. The number of fused-ring (bicyclic) bond motifs is 1. The lowest BCUT2D eigenvalue weighted by atomic mass is 9.76. The molecule has 2 unspecified atom stereocenters. The third-order valence-electron chi connectivity index (χ3n) is 4.59. The lowest BCUT2D eigenvalue weighted by Crippen LogP contribution is -2.30. The largest absolute Gasteiger partial charge is 0.376 e. The molecule has 3 nitrogen and oxygen atoms in total. The van der Waals surface area contributed by atoms with Gasteiger partial charge in [-0.2, -0.15) is 0 Å². The Bertz CT molecular complexity index is 527. The van der Waals surface area contributed by atoms with Crippen LogP contribution < -0.4 is 0 Å². The van der Waals surface area contributed by atoms with Crippen molar-refractivity contribution >= 4 is 5.78 Å². The molecule has 104 valence electrons. The SMILES string of the molecule is Cc1cc2c(n1C1CCOC1C)CC(C)(C)CC2=O. The van der Waals surface area contributed by atoms with Crippen molar-refractivity contribution in [1.82, 2.24) is 4.57 Å². The summed E-state index contributed by atoms with van der Waals surface area (Å²) < 4.78 is 8.09. The second kappa shape index (κ2) is 4.20. The summed E-state index contributed by atoms with van der Waals surface area (Å²) in [7, 11) is 0. The quantitative estimate of drug-likeness (QED) is 0.776. The number of aromatic nitrogens is 1. The summed E-state index contributed by atoms with van der Waals surface area (Å²) in [4.78, 5) is 12.3. The first-order valence-electron chi connectivity index (χ1n) is 7.24. The summed E-state index contributed by atoms with van der Waals surface area (Å²) in [6.45, 7) is 9.46. The van der Waals surface area contributed by atoms with Gasteiger partial charge in [-0.25, -0.2) is 0 Å². The molecular weight excluding hydrogens is 238 g/mol. The maximum absolute atomic E-state index is 12.3. The highest BCUT2D eigenvalue weighted by Crippen LogP contribution is 2.39. The summed E-state index contributed by atoms with van der Waals surface area (Å²) in [5.41, 5.74) is 3.48. The highest BCUT2D eigenvalue weighted by Gasteiger charge is 2.37. The number of ether oxygens (including phenoxy) is 1. The molecule has 1 aliphatic carbocycles. The molecule has 1 aromatic heterocycles. The van der Waals surface area contributed by atoms with Crippen molar-refractivity contribution in [3.63, 3.8) is 0 Å². The van der Waals surface area contributed by atoms with Crippen molar-refractivity contribution in [3.05, 3.63) is 23.0 Å². The topological polar surface area (TPSA) is 31.2 Å². The third-order valence-corrected chi connectivity index (χ3v) is 4.59. The van der Waals surface area contributed by atoms with Gasteiger partial charge >= 0.3 is 0 Å². The zero-order valence-corrected chi connectivity index (χ0v) is 12.3. The second-order valence-electron chi connectivity index (χ2n) is 6.89. The lowest BCUT2D eigenvalue weighted by molar-refractivity contribution is 0.0901. The van der Waals surface area contributed by atoms with Gasteiger partial charge in [-0.3, -0.25) is 4.79 Å². The van der Waals surface area contributed by atoms with Crippen molar-refractivity contribution in [2.45, 2.75) is 59.1 Å². The second-order valence-corrected chi connectivity index (χ2v) is 6.89. The first-order valence-corrected chi connectivity index (χ1v) is 7.24. The minimum absolute atomic E-state index is 0.0787. The first kappa shape index (κ1) is 12.9. The molecule has 0 saturated carbocycles. The van der Waals surface area contributed by atoms with Crippen molar-refractivity contribution in [3.8, 4) is 0 Å². The maximum atomic E-state index is 12.3. The van der Waals surface area contributed by atoms with Crippen molar-refractivity contribution in [1.29, 1.82) is 0 Å². The molecule has 1 fully saturated rings. The number of hydrogen-bond donors (Lipinski definition) is 0. The number of rotatable bonds is 1. The number of Topliss-reactive ketones (excluding diaryl/α,β-unsaturated/α-hetero) is 1. The Morgan fingerprint density at radius 3 is 2.74 bits per heavy atom. The summed E-state index contributed by atoms with van der Waals surface area (Å²) in [6, 6.07) is 2.48. The van der Waals surface area contributed by atoms with Gasteiger partial charge in [-0.05, 0) is 38.2 Å². The molecule has 0 bridgehead atoms. The van der Waals surface area contributed by atoms with Crippen LogP contribution in [0.4, 0.5) is 0 Å². The van der Waals surface area contributed by atoms with E-state index in [0.717, 1.165) is 25.0 Å². The number of ketones is 1. The van der Waals surface area contributed by atoms with Crippen LogP contribution in [0.15, 0.2) is 6.07 Å². The minimum atomic E-state index is 0.0787. The van der Waals surface area contributed by atoms with Gasteiger partial charge in [0.05, 0.1) is 12.1 Å². The Kier molecular flexibility index (Phi) is 2.86. The molecule has 2 aliphatic rings. The number of hydrogen-bond acceptors (Lipinski definition) is 2. The average molecular weight is 261 g/mol. The fraction of sp³-hybridized carbons (Fsp3) is 0.688. The van der Waals surface area contributed by atoms with Gasteiger partial charge in [0.2, 0.25) is 0 Å². The molecule has 19 heavy (non-hydrogen) atoms. The zero-order valence-electron chi connectivity index (χ0n) is 12.3. The van der Waals surface area contributed by atoms with Crippen LogP contribution in [0.5, 0.6) is 0 Å². The zero-order chi connectivity index (χ0) is 13.8. The Hall–Kier alpha value is -1.09. The summed E-state index contributed by atoms with van der Waals surface area (Å²) in [6.07, 6.45) is 2.96. The van der Waals surface area contributed by atoms with Crippen LogP contribution >= 0.6 is 0 Å². The Morgan fingerprint density at radius 1 is 1.37 bits per heavy atom. The lowest BCUT2D eigenvalue weighted by Gasteiger charge is -2.31. The number of aryl methyl sites for hydroxylation is 1. The fourth-order valence-corrected chi connectivity index (χ4v) is 3.69. The van der Waals surface area contributed by atoms with Crippen LogP contribution in [-0.4, -0.2) is 23.1 Å². The van der Waals surface area contributed by atoms with Crippen LogP contribution in [0.25, 0.3) is 0 Å². The van der Waals surface area contributed by atoms with Gasteiger partial charge in [0.1, 0.15) is 0 Å². The molecule has 0 amide bonds. The van der Waals surface area contributed by atoms with Gasteiger partial charge in [-0.1, -0.05) is 13.8 Å². The molecule has 3 rings (SSSR count). The van der Waals surface area contributed by atoms with Crippen LogP contribution in [0, 0.1) is 12.3 Å². The Balaban J connectivity index is 2.09. The van der Waals surface area contributed by atoms with E-state index in [4.69, 9.17) is 4.74 Å². The molecule has 1 aliphatic heterocycles. The monoisotopic (exact) mass is 261 g/mol. The minimum Gasteiger partial charge on any atom is -0.376 e. The Labute approximate surface area is 114 Å². The van der Waals surface area contributed by atoms with Crippen LogP contribution in [0.1, 0.15) is 61.4 Å². The van der Waals surface area contributed by atoms with Crippen LogP contribution in [-0.2, 0) is 11.2 Å². The molecule has 0 spiro atoms. The first-order chi connectivity index (χ1) is 8.89. The standard InChI is InChI=1S/C16H23NO2/c1-10-7-12-14(8-16(3,4)9-15(12)18)17(10)13-5-6-19-11(13)2/h7,11,13H,5-6,8-9H2,1-4H3. The van der Waals surface area contributed by atoms with Crippen molar-refractivity contribution in [2.24, 2.45) is 5.41 Å². The molecule has 1 aromatic rings. The van der Waals surface area contributed by atoms with Crippen LogP contribution in [0.2, 0.25) is 0 Å². The predicted octanol–water partition coefficient (Wildman–Crippen LogP) is 3.30. The highest BCUT2D eigenvalue weighted by atomic mass is 16.5. The van der Waals surface area contributed by atoms with Crippen molar-refractivity contribution in [2.75, 3.05) is 6.61 Å². The van der Waals surface area contributed by atoms with E-state index in [2.05, 4.69) is 38.3 Å². The van der Waals surface area contributed by atoms with E-state index in [1.54, 1.807) is 0 Å². The van der Waals surface area contributed by atoms with E-state index >= 15 is 0 Å². The van der Waals surface area contributed by atoms with E-state index in [1.165, 1.54) is 11.4 Å². The van der Waals surface area contributed by atoms with Crippen LogP contribution in [0.3, 0.4) is 0 Å². The maximum Gasteiger partial charge on any atom is 0.165 e. The molecule has 0 aromatic carbocycles.